The fraction of sp³-hybridized carbons (Fsp3) is 0.423. The molecule has 5 nitrogen and oxygen atoms in total. The van der Waals surface area contributed by atoms with Crippen LogP contribution in [0.25, 0.3) is 11.3 Å². The van der Waals surface area contributed by atoms with E-state index in [0.717, 1.165) is 16.4 Å². The van der Waals surface area contributed by atoms with Gasteiger partial charge in [-0.15, -0.1) is 11.3 Å². The molecule has 0 N–H and O–H groups in total. The SMILES string of the molecule is Cc1cc(C)c(-c2csc(N3CCN(S(=O)(=O)c4ccc(C(C)(C)C)cc4)CC3)n2)c(C)c1. The van der Waals surface area contributed by atoms with E-state index in [-0.39, 0.29) is 5.41 Å². The Morgan fingerprint density at radius 1 is 0.909 bits per heavy atom. The van der Waals surface area contributed by atoms with Crippen LogP contribution in [0.2, 0.25) is 0 Å². The summed E-state index contributed by atoms with van der Waals surface area (Å²) in [5.74, 6) is 0. The molecule has 0 aliphatic carbocycles. The van der Waals surface area contributed by atoms with Gasteiger partial charge in [-0.3, -0.25) is 0 Å². The number of rotatable bonds is 4. The molecule has 0 atom stereocenters. The van der Waals surface area contributed by atoms with Crippen LogP contribution < -0.4 is 4.90 Å². The number of hydrogen-bond acceptors (Lipinski definition) is 5. The molecule has 1 aromatic heterocycles. The summed E-state index contributed by atoms with van der Waals surface area (Å²) in [4.78, 5) is 7.47. The molecule has 1 aliphatic heterocycles. The van der Waals surface area contributed by atoms with Crippen LogP contribution in [0.15, 0.2) is 46.7 Å². The minimum absolute atomic E-state index is 0.00383. The van der Waals surface area contributed by atoms with E-state index >= 15 is 0 Å². The van der Waals surface area contributed by atoms with Crippen molar-refractivity contribution in [2.45, 2.75) is 51.9 Å². The predicted octanol–water partition coefficient (Wildman–Crippen LogP) is 5.54. The van der Waals surface area contributed by atoms with E-state index in [9.17, 15) is 8.42 Å². The van der Waals surface area contributed by atoms with Crippen molar-refractivity contribution < 1.29 is 8.42 Å². The van der Waals surface area contributed by atoms with Crippen molar-refractivity contribution in [1.29, 1.82) is 0 Å². The molecule has 0 bridgehead atoms. The van der Waals surface area contributed by atoms with E-state index in [4.69, 9.17) is 4.98 Å². The topological polar surface area (TPSA) is 53.5 Å². The first kappa shape index (κ1) is 23.9. The molecular formula is C26H33N3O2S2. The summed E-state index contributed by atoms with van der Waals surface area (Å²) in [6.07, 6.45) is 0. The summed E-state index contributed by atoms with van der Waals surface area (Å²) in [5, 5.41) is 3.07. The zero-order valence-electron chi connectivity index (χ0n) is 20.3. The highest BCUT2D eigenvalue weighted by Crippen LogP contribution is 2.33. The molecule has 176 valence electrons. The Morgan fingerprint density at radius 2 is 1.48 bits per heavy atom. The summed E-state index contributed by atoms with van der Waals surface area (Å²) in [6.45, 7) is 14.9. The quantitative estimate of drug-likeness (QED) is 0.489. The van der Waals surface area contributed by atoms with Gasteiger partial charge in [-0.25, -0.2) is 13.4 Å². The highest BCUT2D eigenvalue weighted by Gasteiger charge is 2.30. The first-order valence-electron chi connectivity index (χ1n) is 11.4. The highest BCUT2D eigenvalue weighted by molar-refractivity contribution is 7.89. The van der Waals surface area contributed by atoms with Gasteiger partial charge in [0.05, 0.1) is 10.6 Å². The van der Waals surface area contributed by atoms with Crippen molar-refractivity contribution in [3.8, 4) is 11.3 Å². The number of hydrogen-bond donors (Lipinski definition) is 0. The largest absolute Gasteiger partial charge is 0.345 e. The Labute approximate surface area is 202 Å². The van der Waals surface area contributed by atoms with Crippen LogP contribution in [0.4, 0.5) is 5.13 Å². The molecule has 3 aromatic rings. The van der Waals surface area contributed by atoms with Gasteiger partial charge in [0.1, 0.15) is 0 Å². The maximum absolute atomic E-state index is 13.2. The van der Waals surface area contributed by atoms with Crippen molar-refractivity contribution >= 4 is 26.5 Å². The van der Waals surface area contributed by atoms with Crippen molar-refractivity contribution in [2.75, 3.05) is 31.1 Å². The van der Waals surface area contributed by atoms with E-state index in [0.29, 0.717) is 31.1 Å². The van der Waals surface area contributed by atoms with Gasteiger partial charge in [-0.1, -0.05) is 50.6 Å². The van der Waals surface area contributed by atoms with Crippen LogP contribution in [0, 0.1) is 20.8 Å². The normalized spacial score (nSPS) is 15.8. The summed E-state index contributed by atoms with van der Waals surface area (Å²) in [5.41, 5.74) is 7.05. The zero-order chi connectivity index (χ0) is 24.0. The van der Waals surface area contributed by atoms with Gasteiger partial charge < -0.3 is 4.90 Å². The number of nitrogens with zero attached hydrogens (tertiary/aromatic N) is 3. The molecule has 0 radical (unpaired) electrons. The third kappa shape index (κ3) is 4.86. The molecular weight excluding hydrogens is 450 g/mol. The first-order chi connectivity index (χ1) is 15.5. The highest BCUT2D eigenvalue weighted by atomic mass is 32.2. The van der Waals surface area contributed by atoms with Gasteiger partial charge in [0.25, 0.3) is 0 Å². The maximum atomic E-state index is 13.2. The fourth-order valence-corrected chi connectivity index (χ4v) is 6.80. The average molecular weight is 484 g/mol. The lowest BCUT2D eigenvalue weighted by Crippen LogP contribution is -2.48. The van der Waals surface area contributed by atoms with Crippen molar-refractivity contribution in [1.82, 2.24) is 9.29 Å². The van der Waals surface area contributed by atoms with Gasteiger partial charge in [-0.2, -0.15) is 4.31 Å². The second-order valence-electron chi connectivity index (χ2n) is 9.95. The maximum Gasteiger partial charge on any atom is 0.243 e. The molecule has 4 rings (SSSR count). The molecule has 2 aromatic carbocycles. The zero-order valence-corrected chi connectivity index (χ0v) is 22.0. The molecule has 7 heteroatoms. The van der Waals surface area contributed by atoms with E-state index in [1.807, 2.05) is 12.1 Å². The summed E-state index contributed by atoms with van der Waals surface area (Å²) in [6, 6.07) is 11.7. The number of sulfonamides is 1. The molecule has 1 fully saturated rings. The molecule has 2 heterocycles. The summed E-state index contributed by atoms with van der Waals surface area (Å²) in [7, 11) is -3.49. The molecule has 1 saturated heterocycles. The van der Waals surface area contributed by atoms with Crippen LogP contribution >= 0.6 is 11.3 Å². The molecule has 1 aliphatic rings. The van der Waals surface area contributed by atoms with Gasteiger partial charge in [0.2, 0.25) is 10.0 Å². The van der Waals surface area contributed by atoms with E-state index in [2.05, 4.69) is 64.0 Å². The molecule has 33 heavy (non-hydrogen) atoms. The number of anilines is 1. The summed E-state index contributed by atoms with van der Waals surface area (Å²) < 4.78 is 28.0. The monoisotopic (exact) mass is 483 g/mol. The average Bonchev–Trinajstić information content (AvgIpc) is 3.22. The minimum atomic E-state index is -3.49. The number of benzene rings is 2. The third-order valence-corrected chi connectivity index (χ3v) is 9.11. The lowest BCUT2D eigenvalue weighted by atomic mass is 9.87. The van der Waals surface area contributed by atoms with Crippen LogP contribution in [-0.4, -0.2) is 43.9 Å². The number of aromatic nitrogens is 1. The molecule has 0 amide bonds. The Morgan fingerprint density at radius 3 is 2.03 bits per heavy atom. The second kappa shape index (κ2) is 8.85. The molecule has 0 unspecified atom stereocenters. The lowest BCUT2D eigenvalue weighted by molar-refractivity contribution is 0.384. The van der Waals surface area contributed by atoms with E-state index in [1.54, 1.807) is 27.8 Å². The van der Waals surface area contributed by atoms with Gasteiger partial charge in [0, 0.05) is 37.1 Å². The fourth-order valence-electron chi connectivity index (χ4n) is 4.50. The Bertz CT molecular complexity index is 1220. The second-order valence-corrected chi connectivity index (χ2v) is 12.7. The number of piperazine rings is 1. The Balaban J connectivity index is 1.46. The number of thiazole rings is 1. The lowest BCUT2D eigenvalue weighted by Gasteiger charge is -2.33. The first-order valence-corrected chi connectivity index (χ1v) is 13.7. The van der Waals surface area contributed by atoms with Gasteiger partial charge in [-0.05, 0) is 55.0 Å². The van der Waals surface area contributed by atoms with E-state index in [1.165, 1.54) is 22.3 Å². The standard InChI is InChI=1S/C26H33N3O2S2/c1-18-15-19(2)24(20(3)16-18)23-17-32-25(27-23)28-11-13-29(14-12-28)33(30,31)22-9-7-21(8-10-22)26(4,5)6/h7-10,15-17H,11-14H2,1-6H3. The minimum Gasteiger partial charge on any atom is -0.345 e. The van der Waals surface area contributed by atoms with Crippen LogP contribution in [0.3, 0.4) is 0 Å². The van der Waals surface area contributed by atoms with Crippen molar-refractivity contribution in [3.63, 3.8) is 0 Å². The van der Waals surface area contributed by atoms with Crippen LogP contribution in [0.1, 0.15) is 43.0 Å². The molecule has 0 spiro atoms. The van der Waals surface area contributed by atoms with Crippen molar-refractivity contribution in [3.05, 3.63) is 64.0 Å². The van der Waals surface area contributed by atoms with Crippen molar-refractivity contribution in [2.24, 2.45) is 0 Å². The third-order valence-electron chi connectivity index (χ3n) is 6.29. The van der Waals surface area contributed by atoms with Crippen LogP contribution in [0.5, 0.6) is 0 Å². The van der Waals surface area contributed by atoms with E-state index < -0.39 is 10.0 Å². The number of aryl methyl sites for hydroxylation is 3. The Kier molecular flexibility index (Phi) is 6.42. The Hall–Kier alpha value is -2.22. The smallest absolute Gasteiger partial charge is 0.243 e. The summed E-state index contributed by atoms with van der Waals surface area (Å²) >= 11 is 1.63. The molecule has 0 saturated carbocycles. The van der Waals surface area contributed by atoms with Crippen LogP contribution in [-0.2, 0) is 15.4 Å². The van der Waals surface area contributed by atoms with Gasteiger partial charge in [0.15, 0.2) is 5.13 Å². The van der Waals surface area contributed by atoms with Gasteiger partial charge >= 0.3 is 0 Å². The predicted molar refractivity (Wildman–Crippen MR) is 138 cm³/mol.